The number of likely N-dealkylation sites (tertiary alicyclic amines) is 1. The van der Waals surface area contributed by atoms with Crippen molar-refractivity contribution >= 4 is 11.6 Å². The summed E-state index contributed by atoms with van der Waals surface area (Å²) in [6.45, 7) is 5.68. The van der Waals surface area contributed by atoms with Crippen molar-refractivity contribution in [3.05, 3.63) is 36.3 Å². The number of hydrogen-bond acceptors (Lipinski definition) is 2. The minimum atomic E-state index is 0.101. The van der Waals surface area contributed by atoms with E-state index in [-0.39, 0.29) is 11.8 Å². The minimum Gasteiger partial charge on any atom is -0.342 e. The number of carbonyl (C=O) groups excluding carboxylic acids is 1. The molecule has 4 nitrogen and oxygen atoms in total. The number of carbonyl (C=O) groups is 1. The van der Waals surface area contributed by atoms with Crippen LogP contribution in [-0.4, -0.2) is 33.3 Å². The minimum absolute atomic E-state index is 0.101. The molecule has 0 spiro atoms. The molecule has 2 aromatic rings. The number of amides is 1. The highest BCUT2D eigenvalue weighted by molar-refractivity contribution is 5.78. The van der Waals surface area contributed by atoms with Crippen LogP contribution in [0.1, 0.15) is 38.3 Å². The standard InChI is InChI=1S/C16H21N3O/c1-12(2)16(20)18-9-6-13(7-10-18)14-4-3-5-15-17-8-11-19(14)15/h3-5,8,11-13H,6-7,9-10H2,1-2H3. The first-order valence-corrected chi connectivity index (χ1v) is 7.37. The molecule has 1 fully saturated rings. The van der Waals surface area contributed by atoms with Crippen molar-refractivity contribution in [2.24, 2.45) is 5.92 Å². The lowest BCUT2D eigenvalue weighted by Crippen LogP contribution is -2.40. The lowest BCUT2D eigenvalue weighted by Gasteiger charge is -2.33. The van der Waals surface area contributed by atoms with Crippen LogP contribution in [0.25, 0.3) is 5.65 Å². The number of imidazole rings is 1. The van der Waals surface area contributed by atoms with Crippen molar-refractivity contribution in [3.63, 3.8) is 0 Å². The summed E-state index contributed by atoms with van der Waals surface area (Å²) in [5.41, 5.74) is 2.32. The Hall–Kier alpha value is -1.84. The number of pyridine rings is 1. The van der Waals surface area contributed by atoms with E-state index >= 15 is 0 Å². The summed E-state index contributed by atoms with van der Waals surface area (Å²) in [4.78, 5) is 18.4. The number of aromatic nitrogens is 2. The topological polar surface area (TPSA) is 37.6 Å². The van der Waals surface area contributed by atoms with Crippen LogP contribution in [0.2, 0.25) is 0 Å². The second-order valence-electron chi connectivity index (χ2n) is 5.86. The molecule has 1 saturated heterocycles. The number of rotatable bonds is 2. The summed E-state index contributed by atoms with van der Waals surface area (Å²) < 4.78 is 2.17. The zero-order chi connectivity index (χ0) is 14.1. The number of piperidine rings is 1. The third-order valence-electron chi connectivity index (χ3n) is 4.18. The van der Waals surface area contributed by atoms with Gasteiger partial charge >= 0.3 is 0 Å². The first-order valence-electron chi connectivity index (χ1n) is 7.37. The first kappa shape index (κ1) is 13.2. The van der Waals surface area contributed by atoms with E-state index in [2.05, 4.69) is 21.5 Å². The summed E-state index contributed by atoms with van der Waals surface area (Å²) in [6, 6.07) is 6.28. The molecule has 0 bridgehead atoms. The second kappa shape index (κ2) is 5.27. The van der Waals surface area contributed by atoms with Gasteiger partial charge in [-0.3, -0.25) is 4.79 Å². The molecule has 1 aliphatic rings. The molecule has 0 aromatic carbocycles. The second-order valence-corrected chi connectivity index (χ2v) is 5.86. The maximum absolute atomic E-state index is 12.0. The summed E-state index contributed by atoms with van der Waals surface area (Å²) in [6.07, 6.45) is 5.94. The Bertz CT molecular complexity index is 609. The van der Waals surface area contributed by atoms with Gasteiger partial charge in [-0.1, -0.05) is 19.9 Å². The normalized spacial score (nSPS) is 17.1. The van der Waals surface area contributed by atoms with Crippen LogP contribution in [0.15, 0.2) is 30.6 Å². The van der Waals surface area contributed by atoms with E-state index in [1.165, 1.54) is 5.69 Å². The van der Waals surface area contributed by atoms with Crippen molar-refractivity contribution in [1.29, 1.82) is 0 Å². The lowest BCUT2D eigenvalue weighted by molar-refractivity contribution is -0.135. The average molecular weight is 271 g/mol. The highest BCUT2D eigenvalue weighted by Crippen LogP contribution is 2.28. The van der Waals surface area contributed by atoms with Gasteiger partial charge in [-0.15, -0.1) is 0 Å². The van der Waals surface area contributed by atoms with Crippen molar-refractivity contribution in [2.45, 2.75) is 32.6 Å². The Balaban J connectivity index is 1.75. The molecule has 2 aromatic heterocycles. The summed E-state index contributed by atoms with van der Waals surface area (Å²) in [5, 5.41) is 0. The fraction of sp³-hybridized carbons (Fsp3) is 0.500. The molecule has 0 atom stereocenters. The molecule has 0 unspecified atom stereocenters. The molecule has 0 N–H and O–H groups in total. The Morgan fingerprint density at radius 3 is 2.75 bits per heavy atom. The Labute approximate surface area is 119 Å². The van der Waals surface area contributed by atoms with Gasteiger partial charge in [-0.2, -0.15) is 0 Å². The molecule has 3 rings (SSSR count). The Kier molecular flexibility index (Phi) is 3.47. The van der Waals surface area contributed by atoms with Gasteiger partial charge in [0.15, 0.2) is 0 Å². The fourth-order valence-corrected chi connectivity index (χ4v) is 3.06. The molecule has 106 valence electrons. The van der Waals surface area contributed by atoms with E-state index in [9.17, 15) is 4.79 Å². The van der Waals surface area contributed by atoms with Crippen molar-refractivity contribution < 1.29 is 4.79 Å². The molecule has 0 aliphatic carbocycles. The van der Waals surface area contributed by atoms with Crippen LogP contribution < -0.4 is 0 Å². The molecule has 0 radical (unpaired) electrons. The van der Waals surface area contributed by atoms with Crippen LogP contribution in [0.5, 0.6) is 0 Å². The molecule has 20 heavy (non-hydrogen) atoms. The van der Waals surface area contributed by atoms with Crippen LogP contribution >= 0.6 is 0 Å². The number of nitrogens with zero attached hydrogens (tertiary/aromatic N) is 3. The molecule has 4 heteroatoms. The van der Waals surface area contributed by atoms with Gasteiger partial charge in [0.05, 0.1) is 0 Å². The first-order chi connectivity index (χ1) is 9.66. The lowest BCUT2D eigenvalue weighted by atomic mass is 9.92. The predicted molar refractivity (Wildman–Crippen MR) is 78.6 cm³/mol. The van der Waals surface area contributed by atoms with Crippen molar-refractivity contribution in [1.82, 2.24) is 14.3 Å². The zero-order valence-electron chi connectivity index (χ0n) is 12.1. The van der Waals surface area contributed by atoms with Gasteiger partial charge in [0.2, 0.25) is 5.91 Å². The van der Waals surface area contributed by atoms with E-state index in [1.807, 2.05) is 37.2 Å². The maximum Gasteiger partial charge on any atom is 0.225 e. The van der Waals surface area contributed by atoms with Gasteiger partial charge in [0, 0.05) is 43.0 Å². The van der Waals surface area contributed by atoms with Crippen LogP contribution in [0.3, 0.4) is 0 Å². The van der Waals surface area contributed by atoms with Gasteiger partial charge < -0.3 is 9.30 Å². The van der Waals surface area contributed by atoms with Gasteiger partial charge in [-0.05, 0) is 25.0 Å². The quantitative estimate of drug-likeness (QED) is 0.842. The molecular weight excluding hydrogens is 250 g/mol. The predicted octanol–water partition coefficient (Wildman–Crippen LogP) is 2.70. The smallest absolute Gasteiger partial charge is 0.225 e. The number of hydrogen-bond donors (Lipinski definition) is 0. The monoisotopic (exact) mass is 271 g/mol. The highest BCUT2D eigenvalue weighted by atomic mass is 16.2. The summed E-state index contributed by atoms with van der Waals surface area (Å²) in [7, 11) is 0. The third kappa shape index (κ3) is 2.30. The Morgan fingerprint density at radius 1 is 1.30 bits per heavy atom. The van der Waals surface area contributed by atoms with E-state index in [1.54, 1.807) is 0 Å². The van der Waals surface area contributed by atoms with Crippen LogP contribution in [-0.2, 0) is 4.79 Å². The third-order valence-corrected chi connectivity index (χ3v) is 4.18. The molecule has 3 heterocycles. The van der Waals surface area contributed by atoms with Gasteiger partial charge in [0.25, 0.3) is 0 Å². The zero-order valence-corrected chi connectivity index (χ0v) is 12.1. The summed E-state index contributed by atoms with van der Waals surface area (Å²) >= 11 is 0. The maximum atomic E-state index is 12.0. The van der Waals surface area contributed by atoms with Crippen molar-refractivity contribution in [3.8, 4) is 0 Å². The molecule has 1 amide bonds. The fourth-order valence-electron chi connectivity index (χ4n) is 3.06. The van der Waals surface area contributed by atoms with Gasteiger partial charge in [-0.25, -0.2) is 4.98 Å². The van der Waals surface area contributed by atoms with Gasteiger partial charge in [0.1, 0.15) is 5.65 Å². The van der Waals surface area contributed by atoms with E-state index < -0.39 is 0 Å². The highest BCUT2D eigenvalue weighted by Gasteiger charge is 2.26. The molecule has 0 saturated carbocycles. The van der Waals surface area contributed by atoms with E-state index in [0.29, 0.717) is 5.92 Å². The van der Waals surface area contributed by atoms with E-state index in [0.717, 1.165) is 31.6 Å². The molecule has 1 aliphatic heterocycles. The van der Waals surface area contributed by atoms with Crippen LogP contribution in [0.4, 0.5) is 0 Å². The van der Waals surface area contributed by atoms with Crippen LogP contribution in [0, 0.1) is 5.92 Å². The Morgan fingerprint density at radius 2 is 2.05 bits per heavy atom. The number of fused-ring (bicyclic) bond motifs is 1. The van der Waals surface area contributed by atoms with E-state index in [4.69, 9.17) is 0 Å². The summed E-state index contributed by atoms with van der Waals surface area (Å²) in [5.74, 6) is 0.900. The largest absolute Gasteiger partial charge is 0.342 e. The average Bonchev–Trinajstić information content (AvgIpc) is 2.95. The SMILES string of the molecule is CC(C)C(=O)N1CCC(c2cccc3nccn23)CC1. The molecular formula is C16H21N3O. The van der Waals surface area contributed by atoms with Crippen molar-refractivity contribution in [2.75, 3.05) is 13.1 Å².